The molecule has 0 aliphatic carbocycles. The molecule has 0 saturated carbocycles. The summed E-state index contributed by atoms with van der Waals surface area (Å²) in [5.41, 5.74) is 1.66. The van der Waals surface area contributed by atoms with Crippen LogP contribution in [0.4, 0.5) is 0 Å². The molecule has 0 atom stereocenters. The predicted octanol–water partition coefficient (Wildman–Crippen LogP) is 3.82. The van der Waals surface area contributed by atoms with Gasteiger partial charge in [-0.15, -0.1) is 0 Å². The van der Waals surface area contributed by atoms with Gasteiger partial charge in [0.2, 0.25) is 0 Å². The summed E-state index contributed by atoms with van der Waals surface area (Å²) in [4.78, 5) is 22.8. The lowest BCUT2D eigenvalue weighted by molar-refractivity contribution is 0.112. The zero-order valence-electron chi connectivity index (χ0n) is 14.5. The second-order valence-electron chi connectivity index (χ2n) is 7.33. The Kier molecular flexibility index (Phi) is 4.96. The summed E-state index contributed by atoms with van der Waals surface area (Å²) < 4.78 is 12.9. The molecule has 1 heterocycles. The Hall–Kier alpha value is -1.66. The minimum absolute atomic E-state index is 0.178. The van der Waals surface area contributed by atoms with Crippen LogP contribution in [0.2, 0.25) is 18.1 Å². The van der Waals surface area contributed by atoms with Crippen LogP contribution in [0.5, 0.6) is 0 Å². The molecule has 0 saturated heterocycles. The number of hydrogen-bond donors (Lipinski definition) is 0. The molecule has 5 nitrogen and oxygen atoms in total. The van der Waals surface area contributed by atoms with Crippen molar-refractivity contribution in [3.8, 4) is 0 Å². The number of nitrogens with zero attached hydrogens (tertiary/aromatic N) is 1. The molecule has 6 heteroatoms. The summed E-state index contributed by atoms with van der Waals surface area (Å²) in [7, 11) is -1.76. The van der Waals surface area contributed by atoms with E-state index in [9.17, 15) is 9.59 Å². The van der Waals surface area contributed by atoms with Crippen LogP contribution >= 0.6 is 0 Å². The van der Waals surface area contributed by atoms with Crippen molar-refractivity contribution >= 4 is 25.7 Å². The van der Waals surface area contributed by atoms with E-state index in [0.717, 1.165) is 12.7 Å². The first kappa shape index (κ1) is 17.7. The second-order valence-corrected chi connectivity index (χ2v) is 12.1. The van der Waals surface area contributed by atoms with Crippen molar-refractivity contribution in [1.29, 1.82) is 0 Å². The highest BCUT2D eigenvalue weighted by molar-refractivity contribution is 6.74. The van der Waals surface area contributed by atoms with Crippen LogP contribution in [0.1, 0.15) is 37.6 Å². The average Bonchev–Trinajstić information content (AvgIpc) is 2.77. The van der Waals surface area contributed by atoms with E-state index in [4.69, 9.17) is 8.84 Å². The summed E-state index contributed by atoms with van der Waals surface area (Å²) in [5.74, 6) is -0.393. The SMILES string of the molecule is CC(C)(C)[Si](C)(C)OCCCn1c(=O)oc2cc(C=O)ccc21. The highest BCUT2D eigenvalue weighted by atomic mass is 28.4. The van der Waals surface area contributed by atoms with Crippen LogP contribution in [0.15, 0.2) is 27.4 Å². The minimum atomic E-state index is -1.76. The fraction of sp³-hybridized carbons (Fsp3) is 0.529. The first-order chi connectivity index (χ1) is 10.7. The van der Waals surface area contributed by atoms with Gasteiger partial charge in [0.25, 0.3) is 0 Å². The number of fused-ring (bicyclic) bond motifs is 1. The lowest BCUT2D eigenvalue weighted by Crippen LogP contribution is -2.41. The van der Waals surface area contributed by atoms with E-state index in [-0.39, 0.29) is 5.04 Å². The Labute approximate surface area is 137 Å². The van der Waals surface area contributed by atoms with Crippen molar-refractivity contribution in [3.05, 3.63) is 34.3 Å². The molecule has 1 aromatic carbocycles. The van der Waals surface area contributed by atoms with Gasteiger partial charge in [-0.1, -0.05) is 20.8 Å². The quantitative estimate of drug-likeness (QED) is 0.457. The van der Waals surface area contributed by atoms with Crippen LogP contribution < -0.4 is 5.76 Å². The number of hydrogen-bond acceptors (Lipinski definition) is 4. The van der Waals surface area contributed by atoms with Gasteiger partial charge in [0.05, 0.1) is 5.52 Å². The molecule has 0 bridgehead atoms. The molecule has 0 aliphatic rings. The third kappa shape index (κ3) is 3.82. The van der Waals surface area contributed by atoms with Crippen LogP contribution in [0.3, 0.4) is 0 Å². The maximum absolute atomic E-state index is 12.0. The minimum Gasteiger partial charge on any atom is -0.417 e. The number of rotatable bonds is 6. The van der Waals surface area contributed by atoms with Crippen LogP contribution in [0.25, 0.3) is 11.1 Å². The Morgan fingerprint density at radius 1 is 1.30 bits per heavy atom. The van der Waals surface area contributed by atoms with Gasteiger partial charge in [-0.25, -0.2) is 4.79 Å². The molecule has 0 unspecified atom stereocenters. The van der Waals surface area contributed by atoms with Crippen LogP contribution in [-0.2, 0) is 11.0 Å². The molecule has 0 aliphatic heterocycles. The van der Waals surface area contributed by atoms with Crippen molar-refractivity contribution in [3.63, 3.8) is 0 Å². The first-order valence-electron chi connectivity index (χ1n) is 7.88. The second kappa shape index (κ2) is 6.45. The van der Waals surface area contributed by atoms with Crippen LogP contribution in [-0.4, -0.2) is 25.8 Å². The smallest absolute Gasteiger partial charge is 0.417 e. The largest absolute Gasteiger partial charge is 0.419 e. The van der Waals surface area contributed by atoms with E-state index in [1.54, 1.807) is 22.8 Å². The molecule has 2 rings (SSSR count). The number of benzene rings is 1. The lowest BCUT2D eigenvalue weighted by atomic mass is 10.2. The fourth-order valence-corrected chi connectivity index (χ4v) is 3.22. The Balaban J connectivity index is 2.04. The normalized spacial score (nSPS) is 12.7. The van der Waals surface area contributed by atoms with Gasteiger partial charge in [0.1, 0.15) is 6.29 Å². The third-order valence-corrected chi connectivity index (χ3v) is 9.16. The average molecular weight is 335 g/mol. The highest BCUT2D eigenvalue weighted by Gasteiger charge is 2.36. The summed E-state index contributed by atoms with van der Waals surface area (Å²) in [6, 6.07) is 5.03. The summed E-state index contributed by atoms with van der Waals surface area (Å²) in [6.07, 6.45) is 1.49. The fourth-order valence-electron chi connectivity index (χ4n) is 2.13. The maximum atomic E-state index is 12.0. The number of carbonyl (C=O) groups is 1. The molecule has 0 radical (unpaired) electrons. The molecule has 0 amide bonds. The molecular weight excluding hydrogens is 310 g/mol. The monoisotopic (exact) mass is 335 g/mol. The summed E-state index contributed by atoms with van der Waals surface area (Å²) >= 11 is 0. The molecule has 2 aromatic rings. The van der Waals surface area contributed by atoms with E-state index in [1.165, 1.54) is 0 Å². The number of aryl methyl sites for hydroxylation is 1. The zero-order chi connectivity index (χ0) is 17.3. The van der Waals surface area contributed by atoms with E-state index in [1.807, 2.05) is 0 Å². The van der Waals surface area contributed by atoms with Gasteiger partial charge in [0, 0.05) is 18.7 Å². The first-order valence-corrected chi connectivity index (χ1v) is 10.8. The van der Waals surface area contributed by atoms with E-state index >= 15 is 0 Å². The van der Waals surface area contributed by atoms with Crippen molar-refractivity contribution in [2.75, 3.05) is 6.61 Å². The third-order valence-electron chi connectivity index (χ3n) is 4.62. The predicted molar refractivity (Wildman–Crippen MR) is 93.6 cm³/mol. The Morgan fingerprint density at radius 3 is 2.61 bits per heavy atom. The Bertz CT molecular complexity index is 752. The van der Waals surface area contributed by atoms with Crippen LogP contribution in [0, 0.1) is 0 Å². The molecule has 1 aromatic heterocycles. The molecular formula is C17H25NO4Si. The Morgan fingerprint density at radius 2 is 2.00 bits per heavy atom. The van der Waals surface area contributed by atoms with E-state index < -0.39 is 14.1 Å². The molecule has 126 valence electrons. The molecule has 0 spiro atoms. The molecule has 23 heavy (non-hydrogen) atoms. The summed E-state index contributed by atoms with van der Waals surface area (Å²) in [6.45, 7) is 12.2. The van der Waals surface area contributed by atoms with E-state index in [2.05, 4.69) is 33.9 Å². The number of oxazole rings is 1. The molecule has 0 N–H and O–H groups in total. The van der Waals surface area contributed by atoms with Gasteiger partial charge in [-0.05, 0) is 42.8 Å². The van der Waals surface area contributed by atoms with Gasteiger partial charge in [0.15, 0.2) is 13.9 Å². The van der Waals surface area contributed by atoms with E-state index in [0.29, 0.717) is 29.8 Å². The number of aromatic nitrogens is 1. The van der Waals surface area contributed by atoms with Gasteiger partial charge >= 0.3 is 5.76 Å². The standard InChI is InChI=1S/C17H25NO4Si/c1-17(2,3)23(4,5)21-10-6-9-18-14-8-7-13(12-19)11-15(14)22-16(18)20/h7-8,11-12H,6,9-10H2,1-5H3. The van der Waals surface area contributed by atoms with Crippen molar-refractivity contribution in [2.45, 2.75) is 51.9 Å². The van der Waals surface area contributed by atoms with Gasteiger partial charge < -0.3 is 8.84 Å². The van der Waals surface area contributed by atoms with Crippen molar-refractivity contribution in [1.82, 2.24) is 4.57 Å². The zero-order valence-corrected chi connectivity index (χ0v) is 15.5. The summed E-state index contributed by atoms with van der Waals surface area (Å²) in [5, 5.41) is 0.178. The maximum Gasteiger partial charge on any atom is 0.419 e. The highest BCUT2D eigenvalue weighted by Crippen LogP contribution is 2.36. The number of aldehydes is 1. The molecule has 0 fully saturated rings. The van der Waals surface area contributed by atoms with Crippen molar-refractivity contribution in [2.24, 2.45) is 0 Å². The topological polar surface area (TPSA) is 61.4 Å². The number of carbonyl (C=O) groups excluding carboxylic acids is 1. The van der Waals surface area contributed by atoms with Gasteiger partial charge in [-0.2, -0.15) is 0 Å². The van der Waals surface area contributed by atoms with Gasteiger partial charge in [-0.3, -0.25) is 9.36 Å². The lowest BCUT2D eigenvalue weighted by Gasteiger charge is -2.36. The van der Waals surface area contributed by atoms with Crippen molar-refractivity contribution < 1.29 is 13.6 Å².